The molecule has 0 aliphatic rings. The van der Waals surface area contributed by atoms with Crippen LogP contribution >= 0.6 is 0 Å². The van der Waals surface area contributed by atoms with Gasteiger partial charge in [-0.2, -0.15) is 0 Å². The molecule has 82 valence electrons. The van der Waals surface area contributed by atoms with E-state index in [4.69, 9.17) is 5.73 Å². The summed E-state index contributed by atoms with van der Waals surface area (Å²) in [6, 6.07) is 8.04. The number of rotatable bonds is 4. The van der Waals surface area contributed by atoms with E-state index in [0.717, 1.165) is 5.56 Å². The average molecular weight is 205 g/mol. The molecule has 0 radical (unpaired) electrons. The Bertz CT molecular complexity index is 327. The molecule has 1 rings (SSSR count). The van der Waals surface area contributed by atoms with E-state index in [0.29, 0.717) is 12.3 Å². The van der Waals surface area contributed by atoms with Crippen LogP contribution in [0.5, 0.6) is 0 Å². The molecule has 0 aliphatic carbocycles. The second-order valence-electron chi connectivity index (χ2n) is 4.33. The number of benzene rings is 1. The minimum absolute atomic E-state index is 0.135. The van der Waals surface area contributed by atoms with Crippen LogP contribution in [0.1, 0.15) is 50.3 Å². The molecule has 2 N–H and O–H groups in total. The summed E-state index contributed by atoms with van der Waals surface area (Å²) < 4.78 is 0. The molecule has 15 heavy (non-hydrogen) atoms. The van der Waals surface area contributed by atoms with Gasteiger partial charge in [0.2, 0.25) is 0 Å². The topological polar surface area (TPSA) is 43.1 Å². The summed E-state index contributed by atoms with van der Waals surface area (Å²) in [5, 5.41) is 0. The van der Waals surface area contributed by atoms with Gasteiger partial charge in [0.15, 0.2) is 0 Å². The Labute approximate surface area is 91.5 Å². The van der Waals surface area contributed by atoms with E-state index in [9.17, 15) is 4.79 Å². The molecule has 0 saturated heterocycles. The fourth-order valence-corrected chi connectivity index (χ4v) is 1.56. The van der Waals surface area contributed by atoms with E-state index in [-0.39, 0.29) is 11.8 Å². The van der Waals surface area contributed by atoms with Gasteiger partial charge in [0.25, 0.3) is 0 Å². The van der Waals surface area contributed by atoms with Crippen molar-refractivity contribution in [3.63, 3.8) is 0 Å². The van der Waals surface area contributed by atoms with Crippen LogP contribution in [0, 0.1) is 0 Å². The Balaban J connectivity index is 2.75. The lowest BCUT2D eigenvalue weighted by molar-refractivity contribution is -0.117. The standard InChI is InChI=1S/C13H19NO/c1-9(2)11-4-6-12(7-5-11)13(14)8-10(3)15/h4-7,9,13H,8,14H2,1-3H3. The normalized spacial score (nSPS) is 12.9. The zero-order valence-corrected chi connectivity index (χ0v) is 9.66. The van der Waals surface area contributed by atoms with Crippen molar-refractivity contribution < 1.29 is 4.79 Å². The van der Waals surface area contributed by atoms with Crippen molar-refractivity contribution in [2.45, 2.75) is 39.2 Å². The third-order valence-electron chi connectivity index (χ3n) is 2.54. The number of hydrogen-bond donors (Lipinski definition) is 1. The third kappa shape index (κ3) is 3.48. The molecule has 2 heteroatoms. The minimum Gasteiger partial charge on any atom is -0.324 e. The van der Waals surface area contributed by atoms with E-state index >= 15 is 0 Å². The van der Waals surface area contributed by atoms with E-state index in [1.807, 2.05) is 12.1 Å². The molecule has 0 heterocycles. The van der Waals surface area contributed by atoms with Crippen molar-refractivity contribution in [2.24, 2.45) is 5.73 Å². The van der Waals surface area contributed by atoms with Crippen LogP contribution in [0.2, 0.25) is 0 Å². The number of carbonyl (C=O) groups excluding carboxylic acids is 1. The maximum absolute atomic E-state index is 10.9. The van der Waals surface area contributed by atoms with Crippen LogP contribution in [0.4, 0.5) is 0 Å². The number of carbonyl (C=O) groups is 1. The molecule has 0 aromatic heterocycles. The van der Waals surface area contributed by atoms with Gasteiger partial charge in [-0.25, -0.2) is 0 Å². The highest BCUT2D eigenvalue weighted by Gasteiger charge is 2.08. The summed E-state index contributed by atoms with van der Waals surface area (Å²) in [6.45, 7) is 5.89. The quantitative estimate of drug-likeness (QED) is 0.821. The molecular formula is C13H19NO. The predicted molar refractivity (Wildman–Crippen MR) is 62.8 cm³/mol. The number of Topliss-reactive ketones (excluding diaryl/α,β-unsaturated/α-hetero) is 1. The summed E-state index contributed by atoms with van der Waals surface area (Å²) >= 11 is 0. The van der Waals surface area contributed by atoms with Gasteiger partial charge in [-0.05, 0) is 24.0 Å². The second-order valence-corrected chi connectivity index (χ2v) is 4.33. The number of ketones is 1. The molecular weight excluding hydrogens is 186 g/mol. The number of hydrogen-bond acceptors (Lipinski definition) is 2. The Morgan fingerprint density at radius 3 is 2.07 bits per heavy atom. The predicted octanol–water partition coefficient (Wildman–Crippen LogP) is 2.79. The largest absolute Gasteiger partial charge is 0.324 e. The lowest BCUT2D eigenvalue weighted by Crippen LogP contribution is -2.13. The van der Waals surface area contributed by atoms with Gasteiger partial charge in [-0.3, -0.25) is 4.79 Å². The molecule has 0 spiro atoms. The molecule has 0 aliphatic heterocycles. The van der Waals surface area contributed by atoms with Crippen LogP contribution in [-0.2, 0) is 4.79 Å². The van der Waals surface area contributed by atoms with Crippen molar-refractivity contribution >= 4 is 5.78 Å². The maximum atomic E-state index is 10.9. The SMILES string of the molecule is CC(=O)CC(N)c1ccc(C(C)C)cc1. The third-order valence-corrected chi connectivity index (χ3v) is 2.54. The summed E-state index contributed by atoms with van der Waals surface area (Å²) in [4.78, 5) is 10.9. The minimum atomic E-state index is -0.163. The molecule has 2 nitrogen and oxygen atoms in total. The van der Waals surface area contributed by atoms with Crippen molar-refractivity contribution in [1.29, 1.82) is 0 Å². The van der Waals surface area contributed by atoms with Crippen LogP contribution in [0.3, 0.4) is 0 Å². The van der Waals surface area contributed by atoms with Crippen molar-refractivity contribution in [2.75, 3.05) is 0 Å². The van der Waals surface area contributed by atoms with Gasteiger partial charge in [0.1, 0.15) is 5.78 Å². The van der Waals surface area contributed by atoms with Crippen molar-refractivity contribution in [3.8, 4) is 0 Å². The summed E-state index contributed by atoms with van der Waals surface area (Å²) in [5.74, 6) is 0.665. The van der Waals surface area contributed by atoms with Crippen molar-refractivity contribution in [1.82, 2.24) is 0 Å². The number of nitrogens with two attached hydrogens (primary N) is 1. The highest BCUT2D eigenvalue weighted by atomic mass is 16.1. The van der Waals surface area contributed by atoms with Crippen molar-refractivity contribution in [3.05, 3.63) is 35.4 Å². The molecule has 1 aromatic carbocycles. The zero-order valence-electron chi connectivity index (χ0n) is 9.66. The van der Waals surface area contributed by atoms with Crippen LogP contribution in [0.15, 0.2) is 24.3 Å². The Kier molecular flexibility index (Phi) is 4.04. The van der Waals surface area contributed by atoms with E-state index < -0.39 is 0 Å². The molecule has 1 unspecified atom stereocenters. The van der Waals surface area contributed by atoms with Gasteiger partial charge < -0.3 is 5.73 Å². The summed E-state index contributed by atoms with van der Waals surface area (Å²) in [7, 11) is 0. The second kappa shape index (κ2) is 5.08. The molecule has 1 aromatic rings. The zero-order chi connectivity index (χ0) is 11.4. The smallest absolute Gasteiger partial charge is 0.131 e. The van der Waals surface area contributed by atoms with Crippen LogP contribution < -0.4 is 5.73 Å². The van der Waals surface area contributed by atoms with Crippen LogP contribution in [0.25, 0.3) is 0 Å². The van der Waals surface area contributed by atoms with Crippen LogP contribution in [-0.4, -0.2) is 5.78 Å². The van der Waals surface area contributed by atoms with Gasteiger partial charge in [-0.1, -0.05) is 38.1 Å². The molecule has 1 atom stereocenters. The maximum Gasteiger partial charge on any atom is 0.131 e. The average Bonchev–Trinajstić information content (AvgIpc) is 2.17. The molecule has 0 amide bonds. The summed E-state index contributed by atoms with van der Waals surface area (Å²) in [6.07, 6.45) is 0.418. The fraction of sp³-hybridized carbons (Fsp3) is 0.462. The lowest BCUT2D eigenvalue weighted by atomic mass is 9.97. The lowest BCUT2D eigenvalue weighted by Gasteiger charge is -2.12. The van der Waals surface area contributed by atoms with Gasteiger partial charge in [0.05, 0.1) is 0 Å². The monoisotopic (exact) mass is 205 g/mol. The Morgan fingerprint density at radius 2 is 1.67 bits per heavy atom. The Morgan fingerprint density at radius 1 is 1.20 bits per heavy atom. The van der Waals surface area contributed by atoms with E-state index in [2.05, 4.69) is 26.0 Å². The fourth-order valence-electron chi connectivity index (χ4n) is 1.56. The van der Waals surface area contributed by atoms with E-state index in [1.165, 1.54) is 5.56 Å². The van der Waals surface area contributed by atoms with Gasteiger partial charge in [0, 0.05) is 12.5 Å². The first-order valence-electron chi connectivity index (χ1n) is 5.35. The molecule has 0 fully saturated rings. The highest BCUT2D eigenvalue weighted by molar-refractivity contribution is 5.76. The van der Waals surface area contributed by atoms with E-state index in [1.54, 1.807) is 6.92 Å². The highest BCUT2D eigenvalue weighted by Crippen LogP contribution is 2.19. The van der Waals surface area contributed by atoms with Gasteiger partial charge >= 0.3 is 0 Å². The van der Waals surface area contributed by atoms with Gasteiger partial charge in [-0.15, -0.1) is 0 Å². The first-order valence-corrected chi connectivity index (χ1v) is 5.35. The first kappa shape index (κ1) is 11.9. The Hall–Kier alpha value is -1.15. The summed E-state index contributed by atoms with van der Waals surface area (Å²) in [5.41, 5.74) is 8.24. The molecule has 0 saturated carbocycles. The molecule has 0 bridgehead atoms. The first-order chi connectivity index (χ1) is 7.00.